The fourth-order valence-corrected chi connectivity index (χ4v) is 3.37. The largest absolute Gasteiger partial charge is 0.416 e. The fourth-order valence-electron chi connectivity index (χ4n) is 3.37. The molecule has 0 bridgehead atoms. The van der Waals surface area contributed by atoms with Gasteiger partial charge in [0.1, 0.15) is 0 Å². The van der Waals surface area contributed by atoms with Crippen LogP contribution in [0.3, 0.4) is 0 Å². The van der Waals surface area contributed by atoms with Gasteiger partial charge in [-0.3, -0.25) is 4.79 Å². The highest BCUT2D eigenvalue weighted by Gasteiger charge is 2.31. The lowest BCUT2D eigenvalue weighted by molar-refractivity contribution is -0.139. The van der Waals surface area contributed by atoms with E-state index in [1.807, 2.05) is 22.9 Å². The molecular weight excluding hydrogens is 369 g/mol. The van der Waals surface area contributed by atoms with Gasteiger partial charge in [0.15, 0.2) is 0 Å². The van der Waals surface area contributed by atoms with Crippen LogP contribution in [0.4, 0.5) is 13.2 Å². The zero-order valence-corrected chi connectivity index (χ0v) is 15.9. The van der Waals surface area contributed by atoms with E-state index in [0.717, 1.165) is 31.0 Å². The van der Waals surface area contributed by atoms with Crippen molar-refractivity contribution in [2.75, 3.05) is 20.3 Å². The average molecular weight is 394 g/mol. The number of nitrogens with zero attached hydrogens (tertiary/aromatic N) is 2. The first kappa shape index (κ1) is 20.5. The molecule has 4 nitrogen and oxygen atoms in total. The molecule has 1 fully saturated rings. The SMILES string of the molecule is COCCN(Cc1cccn1Cc1cccc(C(F)(F)F)c1)C(=O)C1CCC1. The Labute approximate surface area is 162 Å². The van der Waals surface area contributed by atoms with Gasteiger partial charge in [-0.25, -0.2) is 0 Å². The number of rotatable bonds is 8. The van der Waals surface area contributed by atoms with Gasteiger partial charge in [-0.2, -0.15) is 13.2 Å². The van der Waals surface area contributed by atoms with Gasteiger partial charge in [0.25, 0.3) is 0 Å². The Balaban J connectivity index is 1.74. The van der Waals surface area contributed by atoms with Crippen LogP contribution < -0.4 is 0 Å². The Kier molecular flexibility index (Phi) is 6.44. The lowest BCUT2D eigenvalue weighted by Crippen LogP contribution is -2.40. The van der Waals surface area contributed by atoms with E-state index >= 15 is 0 Å². The number of amides is 1. The Morgan fingerprint density at radius 1 is 1.25 bits per heavy atom. The van der Waals surface area contributed by atoms with Crippen molar-refractivity contribution in [3.05, 3.63) is 59.4 Å². The lowest BCUT2D eigenvalue weighted by Gasteiger charge is -2.32. The number of alkyl halides is 3. The normalized spacial score (nSPS) is 14.7. The maximum Gasteiger partial charge on any atom is 0.416 e. The van der Waals surface area contributed by atoms with Crippen LogP contribution in [0.25, 0.3) is 0 Å². The predicted molar refractivity (Wildman–Crippen MR) is 99.6 cm³/mol. The van der Waals surface area contributed by atoms with Crippen molar-refractivity contribution >= 4 is 5.91 Å². The van der Waals surface area contributed by atoms with E-state index in [4.69, 9.17) is 4.74 Å². The third-order valence-electron chi connectivity index (χ3n) is 5.22. The molecule has 1 aliphatic carbocycles. The van der Waals surface area contributed by atoms with E-state index in [0.29, 0.717) is 31.8 Å². The molecule has 28 heavy (non-hydrogen) atoms. The summed E-state index contributed by atoms with van der Waals surface area (Å²) in [5.41, 5.74) is 0.808. The molecule has 0 spiro atoms. The van der Waals surface area contributed by atoms with Crippen molar-refractivity contribution < 1.29 is 22.7 Å². The number of methoxy groups -OCH3 is 1. The second-order valence-electron chi connectivity index (χ2n) is 7.21. The van der Waals surface area contributed by atoms with Crippen LogP contribution in [0, 0.1) is 5.92 Å². The van der Waals surface area contributed by atoms with Crippen LogP contribution in [0.1, 0.15) is 36.1 Å². The van der Waals surface area contributed by atoms with Gasteiger partial charge in [-0.05, 0) is 42.7 Å². The number of carbonyl (C=O) groups is 1. The summed E-state index contributed by atoms with van der Waals surface area (Å²) in [6, 6.07) is 9.11. The van der Waals surface area contributed by atoms with Crippen LogP contribution >= 0.6 is 0 Å². The summed E-state index contributed by atoms with van der Waals surface area (Å²) in [5.74, 6) is 0.221. The first-order valence-corrected chi connectivity index (χ1v) is 9.46. The first-order valence-electron chi connectivity index (χ1n) is 9.46. The van der Waals surface area contributed by atoms with Gasteiger partial charge in [0, 0.05) is 38.0 Å². The number of aromatic nitrogens is 1. The van der Waals surface area contributed by atoms with E-state index in [-0.39, 0.29) is 11.8 Å². The summed E-state index contributed by atoms with van der Waals surface area (Å²) in [5, 5.41) is 0. The van der Waals surface area contributed by atoms with Gasteiger partial charge < -0.3 is 14.2 Å². The topological polar surface area (TPSA) is 34.5 Å². The zero-order chi connectivity index (χ0) is 20.1. The minimum atomic E-state index is -4.36. The molecule has 1 amide bonds. The average Bonchev–Trinajstić information content (AvgIpc) is 3.03. The third-order valence-corrected chi connectivity index (χ3v) is 5.22. The molecule has 1 aromatic heterocycles. The molecule has 1 heterocycles. The molecule has 152 valence electrons. The third kappa shape index (κ3) is 4.95. The van der Waals surface area contributed by atoms with E-state index in [1.165, 1.54) is 12.1 Å². The molecule has 0 unspecified atom stereocenters. The minimum Gasteiger partial charge on any atom is -0.383 e. The molecule has 2 aromatic rings. The highest BCUT2D eigenvalue weighted by molar-refractivity contribution is 5.79. The van der Waals surface area contributed by atoms with Crippen molar-refractivity contribution in [3.63, 3.8) is 0 Å². The number of benzene rings is 1. The van der Waals surface area contributed by atoms with E-state index < -0.39 is 11.7 Å². The zero-order valence-electron chi connectivity index (χ0n) is 15.9. The van der Waals surface area contributed by atoms with Crippen LogP contribution in [0.5, 0.6) is 0 Å². The lowest BCUT2D eigenvalue weighted by atomic mass is 9.84. The highest BCUT2D eigenvalue weighted by Crippen LogP contribution is 2.30. The van der Waals surface area contributed by atoms with E-state index in [2.05, 4.69) is 0 Å². The summed E-state index contributed by atoms with van der Waals surface area (Å²) in [7, 11) is 1.60. The molecule has 1 aliphatic rings. The maximum atomic E-state index is 13.0. The second-order valence-corrected chi connectivity index (χ2v) is 7.21. The van der Waals surface area contributed by atoms with Crippen LogP contribution in [-0.4, -0.2) is 35.6 Å². The summed E-state index contributed by atoms with van der Waals surface area (Å²) in [6.45, 7) is 1.69. The van der Waals surface area contributed by atoms with Gasteiger partial charge in [-0.15, -0.1) is 0 Å². The smallest absolute Gasteiger partial charge is 0.383 e. The molecule has 0 saturated heterocycles. The molecule has 0 aliphatic heterocycles. The van der Waals surface area contributed by atoms with Crippen molar-refractivity contribution in [3.8, 4) is 0 Å². The number of halogens is 3. The van der Waals surface area contributed by atoms with Gasteiger partial charge in [0.05, 0.1) is 18.7 Å². The summed E-state index contributed by atoms with van der Waals surface area (Å²) >= 11 is 0. The maximum absolute atomic E-state index is 13.0. The molecule has 1 saturated carbocycles. The monoisotopic (exact) mass is 394 g/mol. The van der Waals surface area contributed by atoms with Gasteiger partial charge in [-0.1, -0.05) is 18.6 Å². The summed E-state index contributed by atoms with van der Waals surface area (Å²) in [4.78, 5) is 14.5. The van der Waals surface area contributed by atoms with E-state index in [1.54, 1.807) is 18.1 Å². The molecular formula is C21H25F3N2O2. The molecule has 0 radical (unpaired) electrons. The predicted octanol–water partition coefficient (Wildman–Crippen LogP) is 4.33. The number of carbonyl (C=O) groups excluding carboxylic acids is 1. The Morgan fingerprint density at radius 2 is 2.04 bits per heavy atom. The van der Waals surface area contributed by atoms with E-state index in [9.17, 15) is 18.0 Å². The second kappa shape index (κ2) is 8.82. The summed E-state index contributed by atoms with van der Waals surface area (Å²) < 4.78 is 45.9. The minimum absolute atomic E-state index is 0.0868. The molecule has 7 heteroatoms. The number of hydrogen-bond acceptors (Lipinski definition) is 2. The summed E-state index contributed by atoms with van der Waals surface area (Å²) in [6.07, 6.45) is 0.404. The van der Waals surface area contributed by atoms with Gasteiger partial charge in [0.2, 0.25) is 5.91 Å². The first-order chi connectivity index (χ1) is 13.4. The van der Waals surface area contributed by atoms with Crippen molar-refractivity contribution in [2.45, 2.75) is 38.5 Å². The Morgan fingerprint density at radius 3 is 2.68 bits per heavy atom. The van der Waals surface area contributed by atoms with Crippen molar-refractivity contribution in [1.29, 1.82) is 0 Å². The van der Waals surface area contributed by atoms with Crippen LogP contribution in [0.2, 0.25) is 0 Å². The van der Waals surface area contributed by atoms with Crippen LogP contribution in [0.15, 0.2) is 42.6 Å². The molecule has 0 atom stereocenters. The fraction of sp³-hybridized carbons (Fsp3) is 0.476. The molecule has 1 aromatic carbocycles. The standard InChI is InChI=1S/C21H25F3N2O2/c1-28-12-11-26(20(27)17-6-3-7-17)15-19-9-4-10-25(19)14-16-5-2-8-18(13-16)21(22,23)24/h2,4-5,8-10,13,17H,3,6-7,11-12,14-15H2,1H3. The molecule has 3 rings (SSSR count). The van der Waals surface area contributed by atoms with Crippen molar-refractivity contribution in [1.82, 2.24) is 9.47 Å². The van der Waals surface area contributed by atoms with Gasteiger partial charge >= 0.3 is 6.18 Å². The Bertz CT molecular complexity index is 797. The quantitative estimate of drug-likeness (QED) is 0.668. The van der Waals surface area contributed by atoms with Crippen LogP contribution in [-0.2, 0) is 28.8 Å². The number of hydrogen-bond donors (Lipinski definition) is 0. The van der Waals surface area contributed by atoms with Crippen molar-refractivity contribution in [2.24, 2.45) is 5.92 Å². The Hall–Kier alpha value is -2.28. The highest BCUT2D eigenvalue weighted by atomic mass is 19.4. The molecule has 0 N–H and O–H groups in total. The number of ether oxygens (including phenoxy) is 1.